The van der Waals surface area contributed by atoms with Gasteiger partial charge in [0.05, 0.1) is 11.4 Å². The Bertz CT molecular complexity index is 839. The molecule has 0 aliphatic rings. The molecule has 0 saturated heterocycles. The molecule has 3 rings (SSSR count). The number of nitrogens with zero attached hydrogens (tertiary/aromatic N) is 3. The predicted octanol–water partition coefficient (Wildman–Crippen LogP) is 4.72. The van der Waals surface area contributed by atoms with Gasteiger partial charge in [0.15, 0.2) is 0 Å². The minimum absolute atomic E-state index is 0.243. The molecule has 0 fully saturated rings. The molecule has 0 aliphatic heterocycles. The van der Waals surface area contributed by atoms with Crippen molar-refractivity contribution < 1.29 is 0 Å². The van der Waals surface area contributed by atoms with E-state index >= 15 is 0 Å². The van der Waals surface area contributed by atoms with Gasteiger partial charge in [-0.15, -0.1) is 0 Å². The Hall–Kier alpha value is -2.95. The summed E-state index contributed by atoms with van der Waals surface area (Å²) in [6.45, 7) is 8.30. The van der Waals surface area contributed by atoms with Crippen LogP contribution in [0, 0.1) is 13.8 Å². The van der Waals surface area contributed by atoms with Crippen molar-refractivity contribution >= 4 is 17.5 Å². The number of para-hydroxylation sites is 1. The normalized spacial score (nSPS) is 10.8. The van der Waals surface area contributed by atoms with Gasteiger partial charge in [0.1, 0.15) is 5.82 Å². The summed E-state index contributed by atoms with van der Waals surface area (Å²) in [6.07, 6.45) is 1.77. The quantitative estimate of drug-likeness (QED) is 0.707. The number of benzene rings is 1. The van der Waals surface area contributed by atoms with Crippen molar-refractivity contribution in [1.29, 1.82) is 0 Å². The van der Waals surface area contributed by atoms with Crippen LogP contribution in [0.15, 0.2) is 48.7 Å². The van der Waals surface area contributed by atoms with Gasteiger partial charge in [0.25, 0.3) is 0 Å². The van der Waals surface area contributed by atoms with E-state index in [1.54, 1.807) is 6.20 Å². The molecule has 0 spiro atoms. The van der Waals surface area contributed by atoms with Gasteiger partial charge >= 0.3 is 0 Å². The number of rotatable bonds is 5. The average Bonchev–Trinajstić information content (AvgIpc) is 2.58. The predicted molar refractivity (Wildman–Crippen MR) is 103 cm³/mol. The summed E-state index contributed by atoms with van der Waals surface area (Å²) in [6, 6.07) is 14.2. The fraction of sp³-hybridized carbons (Fsp3) is 0.250. The molecule has 5 heteroatoms. The maximum Gasteiger partial charge on any atom is 0.225 e. The van der Waals surface area contributed by atoms with Crippen molar-refractivity contribution in [2.45, 2.75) is 33.7 Å². The van der Waals surface area contributed by atoms with E-state index in [2.05, 4.69) is 71.5 Å². The van der Waals surface area contributed by atoms with Crippen molar-refractivity contribution in [1.82, 2.24) is 15.0 Å². The van der Waals surface area contributed by atoms with E-state index in [-0.39, 0.29) is 6.04 Å². The molecule has 3 aromatic rings. The summed E-state index contributed by atoms with van der Waals surface area (Å²) in [4.78, 5) is 13.6. The van der Waals surface area contributed by atoms with Crippen molar-refractivity contribution in [2.24, 2.45) is 0 Å². The third kappa shape index (κ3) is 4.12. The molecule has 2 heterocycles. The largest absolute Gasteiger partial charge is 0.352 e. The Morgan fingerprint density at radius 3 is 2.28 bits per heavy atom. The van der Waals surface area contributed by atoms with Crippen molar-refractivity contribution in [3.05, 3.63) is 59.8 Å². The molecule has 2 aromatic heterocycles. The van der Waals surface area contributed by atoms with Crippen LogP contribution in [-0.2, 0) is 0 Å². The summed E-state index contributed by atoms with van der Waals surface area (Å²) in [5, 5.41) is 6.73. The van der Waals surface area contributed by atoms with Crippen molar-refractivity contribution in [3.8, 4) is 11.4 Å². The second-order valence-electron chi connectivity index (χ2n) is 6.37. The first-order valence-electron chi connectivity index (χ1n) is 8.43. The van der Waals surface area contributed by atoms with E-state index in [1.165, 1.54) is 11.1 Å². The van der Waals surface area contributed by atoms with E-state index in [0.717, 1.165) is 22.9 Å². The Morgan fingerprint density at radius 1 is 0.880 bits per heavy atom. The summed E-state index contributed by atoms with van der Waals surface area (Å²) < 4.78 is 0. The van der Waals surface area contributed by atoms with Crippen LogP contribution in [0.1, 0.15) is 25.0 Å². The van der Waals surface area contributed by atoms with Gasteiger partial charge in [0, 0.05) is 24.0 Å². The van der Waals surface area contributed by atoms with E-state index < -0.39 is 0 Å². The number of hydrogen-bond acceptors (Lipinski definition) is 5. The van der Waals surface area contributed by atoms with Crippen molar-refractivity contribution in [2.75, 3.05) is 10.6 Å². The highest BCUT2D eigenvalue weighted by molar-refractivity contribution is 5.68. The number of nitrogens with one attached hydrogen (secondary N) is 2. The monoisotopic (exact) mass is 333 g/mol. The third-order valence-corrected chi connectivity index (χ3v) is 3.81. The summed E-state index contributed by atoms with van der Waals surface area (Å²) in [5.41, 5.74) is 5.03. The molecular formula is C20H23N5. The standard InChI is InChI=1S/C20H23N5/c1-13(2)22-20-23-17(16-10-5-6-11-21-16)12-18(25-20)24-19-14(3)8-7-9-15(19)4/h5-13H,1-4H3,(H2,22,23,24,25). The fourth-order valence-electron chi connectivity index (χ4n) is 2.62. The number of pyridine rings is 1. The summed E-state index contributed by atoms with van der Waals surface area (Å²) in [5.74, 6) is 1.34. The van der Waals surface area contributed by atoms with Crippen LogP contribution in [0.4, 0.5) is 17.5 Å². The van der Waals surface area contributed by atoms with E-state index in [0.29, 0.717) is 5.95 Å². The van der Waals surface area contributed by atoms with Crippen LogP contribution < -0.4 is 10.6 Å². The minimum Gasteiger partial charge on any atom is -0.352 e. The van der Waals surface area contributed by atoms with Gasteiger partial charge in [-0.25, -0.2) is 4.98 Å². The molecule has 0 unspecified atom stereocenters. The molecule has 0 saturated carbocycles. The highest BCUT2D eigenvalue weighted by atomic mass is 15.2. The number of anilines is 3. The van der Waals surface area contributed by atoms with Crippen molar-refractivity contribution in [3.63, 3.8) is 0 Å². The molecule has 0 aliphatic carbocycles. The van der Waals surface area contributed by atoms with Gasteiger partial charge in [-0.1, -0.05) is 24.3 Å². The third-order valence-electron chi connectivity index (χ3n) is 3.81. The average molecular weight is 333 g/mol. The lowest BCUT2D eigenvalue weighted by Crippen LogP contribution is -2.13. The lowest BCUT2D eigenvalue weighted by atomic mass is 10.1. The van der Waals surface area contributed by atoms with Gasteiger partial charge in [-0.3, -0.25) is 4.98 Å². The van der Waals surface area contributed by atoms with Crippen LogP contribution in [0.5, 0.6) is 0 Å². The smallest absolute Gasteiger partial charge is 0.225 e. The first-order valence-corrected chi connectivity index (χ1v) is 8.43. The van der Waals surface area contributed by atoms with E-state index in [9.17, 15) is 0 Å². The van der Waals surface area contributed by atoms with Gasteiger partial charge < -0.3 is 10.6 Å². The lowest BCUT2D eigenvalue weighted by molar-refractivity contribution is 0.875. The Balaban J connectivity index is 2.03. The highest BCUT2D eigenvalue weighted by Crippen LogP contribution is 2.26. The van der Waals surface area contributed by atoms with Crippen LogP contribution >= 0.6 is 0 Å². The molecule has 128 valence electrons. The zero-order valence-corrected chi connectivity index (χ0v) is 15.0. The first-order chi connectivity index (χ1) is 12.0. The molecule has 0 bridgehead atoms. The summed E-state index contributed by atoms with van der Waals surface area (Å²) in [7, 11) is 0. The fourth-order valence-corrected chi connectivity index (χ4v) is 2.62. The Morgan fingerprint density at radius 2 is 1.64 bits per heavy atom. The van der Waals surface area contributed by atoms with Crippen LogP contribution in [0.25, 0.3) is 11.4 Å². The second kappa shape index (κ2) is 7.30. The number of hydrogen-bond donors (Lipinski definition) is 2. The molecule has 0 amide bonds. The van der Waals surface area contributed by atoms with E-state index in [1.807, 2.05) is 24.3 Å². The van der Waals surface area contributed by atoms with Crippen LogP contribution in [0.2, 0.25) is 0 Å². The zero-order chi connectivity index (χ0) is 17.8. The maximum atomic E-state index is 4.62. The molecule has 5 nitrogen and oxygen atoms in total. The Labute approximate surface area is 148 Å². The van der Waals surface area contributed by atoms with Gasteiger partial charge in [-0.2, -0.15) is 4.98 Å². The van der Waals surface area contributed by atoms with Crippen LogP contribution in [-0.4, -0.2) is 21.0 Å². The zero-order valence-electron chi connectivity index (χ0n) is 15.0. The molecular weight excluding hydrogens is 310 g/mol. The highest BCUT2D eigenvalue weighted by Gasteiger charge is 2.10. The Kier molecular flexibility index (Phi) is 4.93. The molecule has 0 radical (unpaired) electrons. The number of aromatic nitrogens is 3. The topological polar surface area (TPSA) is 62.7 Å². The van der Waals surface area contributed by atoms with Gasteiger partial charge in [0.2, 0.25) is 5.95 Å². The minimum atomic E-state index is 0.243. The molecule has 2 N–H and O–H groups in total. The first kappa shape index (κ1) is 16.9. The second-order valence-corrected chi connectivity index (χ2v) is 6.37. The van der Waals surface area contributed by atoms with E-state index in [4.69, 9.17) is 0 Å². The molecule has 1 aromatic carbocycles. The molecule has 25 heavy (non-hydrogen) atoms. The SMILES string of the molecule is Cc1cccc(C)c1Nc1cc(-c2ccccn2)nc(NC(C)C)n1. The van der Waals surface area contributed by atoms with Crippen LogP contribution in [0.3, 0.4) is 0 Å². The summed E-state index contributed by atoms with van der Waals surface area (Å²) >= 11 is 0. The maximum absolute atomic E-state index is 4.62. The lowest BCUT2D eigenvalue weighted by Gasteiger charge is -2.15. The van der Waals surface area contributed by atoms with Gasteiger partial charge in [-0.05, 0) is 51.0 Å². The number of aryl methyl sites for hydroxylation is 2. The molecule has 0 atom stereocenters.